The van der Waals surface area contributed by atoms with Gasteiger partial charge in [0.15, 0.2) is 0 Å². The van der Waals surface area contributed by atoms with Crippen LogP contribution >= 0.6 is 0 Å². The number of aromatic nitrogens is 2. The predicted octanol–water partition coefficient (Wildman–Crippen LogP) is 2.02. The molecule has 1 unspecified atom stereocenters. The molecule has 3 fully saturated rings. The van der Waals surface area contributed by atoms with E-state index in [2.05, 4.69) is 29.3 Å². The lowest BCUT2D eigenvalue weighted by atomic mass is 10.1. The molecule has 3 aliphatic rings. The van der Waals surface area contributed by atoms with Gasteiger partial charge in [-0.3, -0.25) is 4.68 Å². The largest absolute Gasteiger partial charge is 0.323 e. The number of carbonyl (C=O) groups is 1. The molecule has 0 bridgehead atoms. The lowest BCUT2D eigenvalue weighted by Gasteiger charge is -2.20. The van der Waals surface area contributed by atoms with Crippen molar-refractivity contribution in [1.82, 2.24) is 19.6 Å². The maximum Gasteiger partial charge on any atom is 0.321 e. The molecule has 0 aromatic carbocycles. The number of carbonyl (C=O) groups excluding carboxylic acids is 1. The van der Waals surface area contributed by atoms with E-state index in [1.165, 1.54) is 19.3 Å². The highest BCUT2D eigenvalue weighted by molar-refractivity contribution is 5.89. The zero-order valence-electron chi connectivity index (χ0n) is 13.4. The summed E-state index contributed by atoms with van der Waals surface area (Å²) in [5.41, 5.74) is 0.808. The first-order valence-corrected chi connectivity index (χ1v) is 8.42. The van der Waals surface area contributed by atoms with E-state index < -0.39 is 0 Å². The van der Waals surface area contributed by atoms with E-state index in [0.717, 1.165) is 31.2 Å². The molecule has 6 nitrogen and oxygen atoms in total. The van der Waals surface area contributed by atoms with Gasteiger partial charge in [0.2, 0.25) is 0 Å². The molecule has 1 aromatic heterocycles. The predicted molar refractivity (Wildman–Crippen MR) is 84.8 cm³/mol. The number of rotatable bonds is 3. The molecule has 3 heterocycles. The Hall–Kier alpha value is -1.56. The van der Waals surface area contributed by atoms with Crippen LogP contribution in [0.25, 0.3) is 0 Å². The molecule has 1 N–H and O–H groups in total. The lowest BCUT2D eigenvalue weighted by molar-refractivity contribution is 0.213. The van der Waals surface area contributed by atoms with Gasteiger partial charge in [-0.2, -0.15) is 5.10 Å². The summed E-state index contributed by atoms with van der Waals surface area (Å²) in [6.45, 7) is 5.09. The highest BCUT2D eigenvalue weighted by atomic mass is 16.2. The van der Waals surface area contributed by atoms with Gasteiger partial charge in [-0.05, 0) is 51.6 Å². The average Bonchev–Trinajstić information content (AvgIpc) is 2.93. The van der Waals surface area contributed by atoms with Gasteiger partial charge >= 0.3 is 6.03 Å². The molecule has 1 saturated carbocycles. The molecular formula is C16H25N5O. The summed E-state index contributed by atoms with van der Waals surface area (Å²) in [5, 5.41) is 7.41. The van der Waals surface area contributed by atoms with Gasteiger partial charge in [0.05, 0.1) is 17.9 Å². The zero-order valence-corrected chi connectivity index (χ0v) is 13.4. The monoisotopic (exact) mass is 303 g/mol. The molecule has 6 heteroatoms. The minimum atomic E-state index is 0.0152. The van der Waals surface area contributed by atoms with Crippen molar-refractivity contribution in [2.75, 3.05) is 32.0 Å². The number of nitrogens with one attached hydrogen (secondary N) is 1. The Morgan fingerprint density at radius 2 is 2.18 bits per heavy atom. The second-order valence-corrected chi connectivity index (χ2v) is 7.22. The summed E-state index contributed by atoms with van der Waals surface area (Å²) in [7, 11) is 2.16. The molecule has 22 heavy (non-hydrogen) atoms. The normalized spacial score (nSPS) is 29.6. The Labute approximate surface area is 131 Å². The third-order valence-corrected chi connectivity index (χ3v) is 5.69. The molecule has 1 aliphatic carbocycles. The van der Waals surface area contributed by atoms with E-state index in [9.17, 15) is 4.79 Å². The number of fused-ring (bicyclic) bond motifs is 1. The first-order valence-electron chi connectivity index (χ1n) is 8.42. The van der Waals surface area contributed by atoms with Crippen LogP contribution < -0.4 is 5.32 Å². The van der Waals surface area contributed by atoms with Crippen molar-refractivity contribution in [1.29, 1.82) is 0 Å². The molecule has 2 amide bonds. The third-order valence-electron chi connectivity index (χ3n) is 5.69. The van der Waals surface area contributed by atoms with Crippen molar-refractivity contribution in [3.8, 4) is 0 Å². The van der Waals surface area contributed by atoms with Crippen LogP contribution in [-0.4, -0.2) is 58.3 Å². The Morgan fingerprint density at radius 1 is 1.36 bits per heavy atom. The molecule has 0 radical (unpaired) electrons. The maximum atomic E-state index is 12.4. The summed E-state index contributed by atoms with van der Waals surface area (Å²) >= 11 is 0. The number of amides is 2. The smallest absolute Gasteiger partial charge is 0.321 e. The van der Waals surface area contributed by atoms with Crippen molar-refractivity contribution >= 4 is 11.7 Å². The Morgan fingerprint density at radius 3 is 2.91 bits per heavy atom. The third kappa shape index (κ3) is 2.49. The van der Waals surface area contributed by atoms with E-state index >= 15 is 0 Å². The molecule has 1 aromatic rings. The first-order chi connectivity index (χ1) is 10.6. The number of anilines is 1. The second kappa shape index (κ2) is 5.26. The van der Waals surface area contributed by atoms with Gasteiger partial charge in [0, 0.05) is 25.3 Å². The second-order valence-electron chi connectivity index (χ2n) is 7.22. The number of hydrogen-bond donors (Lipinski definition) is 1. The van der Waals surface area contributed by atoms with Crippen LogP contribution in [0, 0.1) is 11.8 Å². The van der Waals surface area contributed by atoms with Gasteiger partial charge in [-0.15, -0.1) is 0 Å². The van der Waals surface area contributed by atoms with Crippen LogP contribution in [0.15, 0.2) is 12.4 Å². The molecule has 2 aliphatic heterocycles. The van der Waals surface area contributed by atoms with Crippen LogP contribution in [0.2, 0.25) is 0 Å². The molecule has 2 saturated heterocycles. The Kier molecular flexibility index (Phi) is 3.36. The zero-order chi connectivity index (χ0) is 15.3. The number of nitrogens with zero attached hydrogens (tertiary/aromatic N) is 4. The maximum absolute atomic E-state index is 12.4. The summed E-state index contributed by atoms with van der Waals surface area (Å²) < 4.78 is 1.99. The van der Waals surface area contributed by atoms with Crippen LogP contribution in [0.4, 0.5) is 10.5 Å². The van der Waals surface area contributed by atoms with Crippen LogP contribution in [0.5, 0.6) is 0 Å². The quantitative estimate of drug-likeness (QED) is 0.929. The van der Waals surface area contributed by atoms with Gasteiger partial charge in [-0.1, -0.05) is 0 Å². The first kappa shape index (κ1) is 14.1. The van der Waals surface area contributed by atoms with E-state index in [0.29, 0.717) is 18.0 Å². The fourth-order valence-corrected chi connectivity index (χ4v) is 3.96. The fraction of sp³-hybridized carbons (Fsp3) is 0.750. The van der Waals surface area contributed by atoms with Gasteiger partial charge in [0.1, 0.15) is 0 Å². The summed E-state index contributed by atoms with van der Waals surface area (Å²) in [6, 6.07) is 0.996. The van der Waals surface area contributed by atoms with E-state index in [1.807, 2.05) is 15.8 Å². The van der Waals surface area contributed by atoms with Crippen molar-refractivity contribution < 1.29 is 4.79 Å². The topological polar surface area (TPSA) is 53.4 Å². The minimum Gasteiger partial charge on any atom is -0.323 e. The summed E-state index contributed by atoms with van der Waals surface area (Å²) in [5.74, 6) is 1.41. The molecular weight excluding hydrogens is 278 g/mol. The molecule has 0 spiro atoms. The van der Waals surface area contributed by atoms with Gasteiger partial charge < -0.3 is 15.1 Å². The van der Waals surface area contributed by atoms with Crippen molar-refractivity contribution in [2.45, 2.75) is 38.3 Å². The van der Waals surface area contributed by atoms with Crippen molar-refractivity contribution in [3.63, 3.8) is 0 Å². The summed E-state index contributed by atoms with van der Waals surface area (Å²) in [6.07, 6.45) is 7.53. The van der Waals surface area contributed by atoms with Crippen molar-refractivity contribution in [3.05, 3.63) is 12.4 Å². The van der Waals surface area contributed by atoms with Crippen molar-refractivity contribution in [2.24, 2.45) is 11.8 Å². The lowest BCUT2D eigenvalue weighted by Crippen LogP contribution is -2.37. The Balaban J connectivity index is 1.36. The molecule has 3 atom stereocenters. The number of likely N-dealkylation sites (N-methyl/N-ethyl adjacent to an activating group) is 1. The highest BCUT2D eigenvalue weighted by Gasteiger charge is 2.41. The summed E-state index contributed by atoms with van der Waals surface area (Å²) in [4.78, 5) is 16.8. The van der Waals surface area contributed by atoms with Gasteiger partial charge in [-0.25, -0.2) is 4.79 Å². The van der Waals surface area contributed by atoms with Gasteiger partial charge in [0.25, 0.3) is 0 Å². The van der Waals surface area contributed by atoms with E-state index in [-0.39, 0.29) is 6.03 Å². The number of urea groups is 1. The highest BCUT2D eigenvalue weighted by Crippen LogP contribution is 2.39. The van der Waals surface area contributed by atoms with E-state index in [1.54, 1.807) is 6.20 Å². The van der Waals surface area contributed by atoms with Crippen LogP contribution in [0.1, 0.15) is 32.2 Å². The standard InChI is InChI=1S/C16H25N5O/c1-11(12-3-4-12)21-9-14(7-17-21)18-16(22)20-8-13-5-6-19(2)15(13)10-20/h7,9,11-13,15H,3-6,8,10H2,1-2H3,(H,18,22)/t11?,13-,15+/m0/s1. The van der Waals surface area contributed by atoms with Crippen LogP contribution in [-0.2, 0) is 0 Å². The Bertz CT molecular complexity index is 567. The SMILES string of the molecule is CC(C1CC1)n1cc(NC(=O)N2C[C@@H]3CCN(C)[C@@H]3C2)cn1. The number of hydrogen-bond acceptors (Lipinski definition) is 3. The molecule has 4 rings (SSSR count). The number of likely N-dealkylation sites (tertiary alicyclic amines) is 2. The van der Waals surface area contributed by atoms with Crippen LogP contribution in [0.3, 0.4) is 0 Å². The van der Waals surface area contributed by atoms with E-state index in [4.69, 9.17) is 0 Å². The fourth-order valence-electron chi connectivity index (χ4n) is 3.96. The minimum absolute atomic E-state index is 0.0152. The average molecular weight is 303 g/mol. The molecule has 120 valence electrons.